The van der Waals surface area contributed by atoms with Crippen molar-refractivity contribution in [2.45, 2.75) is 26.9 Å². The standard InChI is InChI=1S/C10H14ClN3O4S/c1-6(2)18-10(15)14-19(16,17)13-8-4-7(3)5-12-9(8)11/h4-6,13H,1-3H3,(H,14,15). The molecule has 0 aromatic carbocycles. The number of carbonyl (C=O) groups is 1. The topological polar surface area (TPSA) is 97.4 Å². The zero-order valence-electron chi connectivity index (χ0n) is 10.6. The summed E-state index contributed by atoms with van der Waals surface area (Å²) in [5, 5.41) is -0.0202. The number of carbonyl (C=O) groups excluding carboxylic acids is 1. The van der Waals surface area contributed by atoms with Crippen LogP contribution in [0, 0.1) is 6.92 Å². The molecular weight excluding hydrogens is 294 g/mol. The maximum Gasteiger partial charge on any atom is 0.422 e. The monoisotopic (exact) mass is 307 g/mol. The van der Waals surface area contributed by atoms with Crippen molar-refractivity contribution in [1.29, 1.82) is 0 Å². The van der Waals surface area contributed by atoms with E-state index < -0.39 is 22.4 Å². The minimum absolute atomic E-state index is 0.0202. The van der Waals surface area contributed by atoms with Crippen LogP contribution in [-0.4, -0.2) is 25.6 Å². The summed E-state index contributed by atoms with van der Waals surface area (Å²) in [7, 11) is -4.12. The van der Waals surface area contributed by atoms with Crippen LogP contribution in [0.25, 0.3) is 0 Å². The van der Waals surface area contributed by atoms with Gasteiger partial charge in [-0.3, -0.25) is 4.72 Å². The van der Waals surface area contributed by atoms with E-state index in [1.165, 1.54) is 12.3 Å². The number of halogens is 1. The Kier molecular flexibility index (Phi) is 4.96. The molecule has 0 fully saturated rings. The van der Waals surface area contributed by atoms with E-state index in [0.717, 1.165) is 0 Å². The van der Waals surface area contributed by atoms with Gasteiger partial charge in [-0.25, -0.2) is 14.5 Å². The number of amides is 1. The van der Waals surface area contributed by atoms with Gasteiger partial charge in [-0.15, -0.1) is 0 Å². The van der Waals surface area contributed by atoms with Crippen LogP contribution in [0.15, 0.2) is 12.3 Å². The number of hydrogen-bond acceptors (Lipinski definition) is 5. The Bertz CT molecular complexity index is 574. The molecule has 1 amide bonds. The molecule has 0 aliphatic rings. The Hall–Kier alpha value is -1.54. The second-order valence-corrected chi connectivity index (χ2v) is 5.79. The summed E-state index contributed by atoms with van der Waals surface area (Å²) in [5.41, 5.74) is 0.790. The zero-order valence-corrected chi connectivity index (χ0v) is 12.2. The molecule has 106 valence electrons. The molecule has 0 aliphatic carbocycles. The molecule has 0 aliphatic heterocycles. The van der Waals surface area contributed by atoms with E-state index in [0.29, 0.717) is 5.56 Å². The van der Waals surface area contributed by atoms with Crippen LogP contribution >= 0.6 is 11.6 Å². The molecule has 0 spiro atoms. The van der Waals surface area contributed by atoms with Gasteiger partial charge in [-0.1, -0.05) is 11.6 Å². The fourth-order valence-electron chi connectivity index (χ4n) is 1.14. The van der Waals surface area contributed by atoms with Crippen LogP contribution in [0.1, 0.15) is 19.4 Å². The lowest BCUT2D eigenvalue weighted by atomic mass is 10.3. The molecule has 1 aromatic rings. The Morgan fingerprint density at radius 2 is 2.11 bits per heavy atom. The van der Waals surface area contributed by atoms with E-state index in [9.17, 15) is 13.2 Å². The molecule has 0 unspecified atom stereocenters. The maximum absolute atomic E-state index is 11.6. The highest BCUT2D eigenvalue weighted by Gasteiger charge is 2.18. The molecule has 1 rings (SSSR count). The smallest absolute Gasteiger partial charge is 0.422 e. The van der Waals surface area contributed by atoms with Crippen molar-refractivity contribution in [3.05, 3.63) is 23.0 Å². The minimum Gasteiger partial charge on any atom is -0.446 e. The van der Waals surface area contributed by atoms with E-state index in [2.05, 4.69) is 14.4 Å². The molecule has 9 heteroatoms. The molecule has 0 radical (unpaired) electrons. The Morgan fingerprint density at radius 3 is 2.68 bits per heavy atom. The molecule has 2 N–H and O–H groups in total. The lowest BCUT2D eigenvalue weighted by Crippen LogP contribution is -2.36. The van der Waals surface area contributed by atoms with Gasteiger partial charge in [0.15, 0.2) is 5.15 Å². The molecule has 0 saturated heterocycles. The maximum atomic E-state index is 11.6. The molecule has 0 saturated carbocycles. The number of hydrogen-bond donors (Lipinski definition) is 2. The number of aryl methyl sites for hydroxylation is 1. The van der Waals surface area contributed by atoms with E-state index in [1.807, 2.05) is 0 Å². The third kappa shape index (κ3) is 5.31. The highest BCUT2D eigenvalue weighted by Crippen LogP contribution is 2.20. The number of nitrogens with one attached hydrogen (secondary N) is 2. The number of nitrogens with zero attached hydrogens (tertiary/aromatic N) is 1. The number of pyridine rings is 1. The average Bonchev–Trinajstić information content (AvgIpc) is 2.20. The van der Waals surface area contributed by atoms with Gasteiger partial charge >= 0.3 is 16.3 Å². The minimum atomic E-state index is -4.12. The normalized spacial score (nSPS) is 11.2. The van der Waals surface area contributed by atoms with Crippen LogP contribution in [0.3, 0.4) is 0 Å². The summed E-state index contributed by atoms with van der Waals surface area (Å²) in [5.74, 6) is 0. The molecule has 7 nitrogen and oxygen atoms in total. The molecule has 0 atom stereocenters. The summed E-state index contributed by atoms with van der Waals surface area (Å²) in [6.45, 7) is 4.92. The predicted octanol–water partition coefficient (Wildman–Crippen LogP) is 1.83. The quantitative estimate of drug-likeness (QED) is 0.827. The summed E-state index contributed by atoms with van der Waals surface area (Å²) in [6.07, 6.45) is -0.0145. The summed E-state index contributed by atoms with van der Waals surface area (Å²) in [4.78, 5) is 15.0. The first-order valence-corrected chi connectivity index (χ1v) is 7.19. The lowest BCUT2D eigenvalue weighted by molar-refractivity contribution is 0.121. The lowest BCUT2D eigenvalue weighted by Gasteiger charge is -2.12. The van der Waals surface area contributed by atoms with Gasteiger partial charge in [0.1, 0.15) is 0 Å². The predicted molar refractivity (Wildman–Crippen MR) is 71.3 cm³/mol. The van der Waals surface area contributed by atoms with Crippen LogP contribution in [0.4, 0.5) is 10.5 Å². The van der Waals surface area contributed by atoms with Gasteiger partial charge in [-0.05, 0) is 32.4 Å². The summed E-state index contributed by atoms with van der Waals surface area (Å²) >= 11 is 5.74. The number of aromatic nitrogens is 1. The van der Waals surface area contributed by atoms with Crippen molar-refractivity contribution < 1.29 is 17.9 Å². The first-order valence-electron chi connectivity index (χ1n) is 5.33. The van der Waals surface area contributed by atoms with Gasteiger partial charge in [0.2, 0.25) is 0 Å². The highest BCUT2D eigenvalue weighted by molar-refractivity contribution is 7.91. The number of rotatable bonds is 4. The average molecular weight is 308 g/mol. The van der Waals surface area contributed by atoms with Crippen LogP contribution in [-0.2, 0) is 14.9 Å². The van der Waals surface area contributed by atoms with Crippen molar-refractivity contribution in [1.82, 2.24) is 9.71 Å². The van der Waals surface area contributed by atoms with E-state index in [1.54, 1.807) is 25.5 Å². The molecule has 1 heterocycles. The van der Waals surface area contributed by atoms with Crippen LogP contribution in [0.5, 0.6) is 0 Å². The summed E-state index contributed by atoms with van der Waals surface area (Å²) in [6, 6.07) is 1.49. The summed E-state index contributed by atoms with van der Waals surface area (Å²) < 4.78 is 31.7. The number of ether oxygens (including phenoxy) is 1. The van der Waals surface area contributed by atoms with E-state index in [-0.39, 0.29) is 10.8 Å². The van der Waals surface area contributed by atoms with Crippen LogP contribution in [0.2, 0.25) is 5.15 Å². The van der Waals surface area contributed by atoms with Crippen LogP contribution < -0.4 is 9.44 Å². The van der Waals surface area contributed by atoms with Crippen molar-refractivity contribution in [3.8, 4) is 0 Å². The third-order valence-corrected chi connectivity index (χ3v) is 3.01. The van der Waals surface area contributed by atoms with Crippen molar-refractivity contribution in [2.24, 2.45) is 0 Å². The number of anilines is 1. The highest BCUT2D eigenvalue weighted by atomic mass is 35.5. The molecule has 1 aromatic heterocycles. The fraction of sp³-hybridized carbons (Fsp3) is 0.400. The SMILES string of the molecule is Cc1cnc(Cl)c(NS(=O)(=O)NC(=O)OC(C)C)c1. The van der Waals surface area contributed by atoms with Crippen molar-refractivity contribution in [2.75, 3.05) is 4.72 Å². The van der Waals surface area contributed by atoms with Gasteiger partial charge in [-0.2, -0.15) is 8.42 Å². The second kappa shape index (κ2) is 6.07. The first kappa shape index (κ1) is 15.5. The molecule has 0 bridgehead atoms. The fourth-order valence-corrected chi connectivity index (χ4v) is 2.11. The Morgan fingerprint density at radius 1 is 1.47 bits per heavy atom. The van der Waals surface area contributed by atoms with Gasteiger partial charge in [0.05, 0.1) is 11.8 Å². The second-order valence-electron chi connectivity index (χ2n) is 4.01. The van der Waals surface area contributed by atoms with Gasteiger partial charge in [0.25, 0.3) is 0 Å². The Labute approximate surface area is 116 Å². The zero-order chi connectivity index (χ0) is 14.6. The van der Waals surface area contributed by atoms with Gasteiger partial charge in [0, 0.05) is 6.20 Å². The van der Waals surface area contributed by atoms with Crippen molar-refractivity contribution >= 4 is 33.6 Å². The van der Waals surface area contributed by atoms with E-state index >= 15 is 0 Å². The van der Waals surface area contributed by atoms with Gasteiger partial charge < -0.3 is 4.74 Å². The van der Waals surface area contributed by atoms with Crippen molar-refractivity contribution in [3.63, 3.8) is 0 Å². The third-order valence-electron chi connectivity index (χ3n) is 1.78. The molecular formula is C10H14ClN3O4S. The molecule has 19 heavy (non-hydrogen) atoms. The Balaban J connectivity index is 2.80. The largest absolute Gasteiger partial charge is 0.446 e. The van der Waals surface area contributed by atoms with E-state index in [4.69, 9.17) is 11.6 Å². The first-order chi connectivity index (χ1) is 8.69.